The summed E-state index contributed by atoms with van der Waals surface area (Å²) in [5.74, 6) is 1.58. The van der Waals surface area contributed by atoms with Crippen LogP contribution >= 0.6 is 0 Å². The monoisotopic (exact) mass is 270 g/mol. The Morgan fingerprint density at radius 3 is 1.74 bits per heavy atom. The average Bonchev–Trinajstić information content (AvgIpc) is 2.35. The molecular formula is C17H38N2. The first kappa shape index (κ1) is 18.9. The third-order valence-corrected chi connectivity index (χ3v) is 3.92. The van der Waals surface area contributed by atoms with Crippen molar-refractivity contribution >= 4 is 0 Å². The number of nitrogens with two attached hydrogens (primary N) is 1. The summed E-state index contributed by atoms with van der Waals surface area (Å²) in [7, 11) is 0. The van der Waals surface area contributed by atoms with Crippen LogP contribution in [0.2, 0.25) is 0 Å². The van der Waals surface area contributed by atoms with Crippen molar-refractivity contribution in [2.45, 2.75) is 79.2 Å². The summed E-state index contributed by atoms with van der Waals surface area (Å²) < 4.78 is 0. The maximum Gasteiger partial charge on any atom is 0.0218 e. The first-order valence-corrected chi connectivity index (χ1v) is 8.45. The van der Waals surface area contributed by atoms with Gasteiger partial charge in [0.2, 0.25) is 0 Å². The van der Waals surface area contributed by atoms with Crippen LogP contribution < -0.4 is 5.73 Å². The van der Waals surface area contributed by atoms with E-state index in [-0.39, 0.29) is 0 Å². The van der Waals surface area contributed by atoms with E-state index in [1.165, 1.54) is 51.6 Å². The van der Waals surface area contributed by atoms with E-state index in [0.29, 0.717) is 6.04 Å². The Kier molecular flexibility index (Phi) is 11.7. The molecule has 0 aromatic heterocycles. The van der Waals surface area contributed by atoms with Crippen molar-refractivity contribution in [3.05, 3.63) is 0 Å². The standard InChI is InChI=1S/C17H38N2/c1-6-7-8-9-17(14-18)19(12-10-15(2)3)13-11-16(4)5/h15-17H,6-14,18H2,1-5H3. The fraction of sp³-hybridized carbons (Fsp3) is 1.00. The average molecular weight is 271 g/mol. The fourth-order valence-corrected chi connectivity index (χ4v) is 2.40. The van der Waals surface area contributed by atoms with Gasteiger partial charge in [-0.05, 0) is 44.2 Å². The van der Waals surface area contributed by atoms with Crippen molar-refractivity contribution in [3.63, 3.8) is 0 Å². The third-order valence-electron chi connectivity index (χ3n) is 3.92. The predicted octanol–water partition coefficient (Wildman–Crippen LogP) is 4.29. The van der Waals surface area contributed by atoms with E-state index in [4.69, 9.17) is 5.73 Å². The lowest BCUT2D eigenvalue weighted by Crippen LogP contribution is -2.42. The van der Waals surface area contributed by atoms with Gasteiger partial charge in [0.15, 0.2) is 0 Å². The van der Waals surface area contributed by atoms with Crippen LogP contribution in [-0.2, 0) is 0 Å². The largest absolute Gasteiger partial charge is 0.329 e. The summed E-state index contributed by atoms with van der Waals surface area (Å²) in [4.78, 5) is 2.66. The van der Waals surface area contributed by atoms with Gasteiger partial charge in [0, 0.05) is 12.6 Å². The number of rotatable bonds is 12. The molecule has 1 atom stereocenters. The summed E-state index contributed by atoms with van der Waals surface area (Å²) >= 11 is 0. The molecule has 0 saturated heterocycles. The van der Waals surface area contributed by atoms with E-state index < -0.39 is 0 Å². The van der Waals surface area contributed by atoms with Crippen molar-refractivity contribution in [1.29, 1.82) is 0 Å². The van der Waals surface area contributed by atoms with Crippen LogP contribution in [-0.4, -0.2) is 30.6 Å². The zero-order valence-electron chi connectivity index (χ0n) is 14.1. The lowest BCUT2D eigenvalue weighted by Gasteiger charge is -2.32. The highest BCUT2D eigenvalue weighted by Crippen LogP contribution is 2.14. The van der Waals surface area contributed by atoms with Gasteiger partial charge in [0.1, 0.15) is 0 Å². The maximum absolute atomic E-state index is 6.03. The van der Waals surface area contributed by atoms with E-state index in [1.54, 1.807) is 0 Å². The molecule has 0 aromatic carbocycles. The first-order valence-electron chi connectivity index (χ1n) is 8.45. The highest BCUT2D eigenvalue weighted by Gasteiger charge is 2.17. The maximum atomic E-state index is 6.03. The molecule has 0 bridgehead atoms. The molecule has 0 radical (unpaired) electrons. The Balaban J connectivity index is 4.29. The predicted molar refractivity (Wildman–Crippen MR) is 87.5 cm³/mol. The SMILES string of the molecule is CCCCCC(CN)N(CCC(C)C)CCC(C)C. The Bertz CT molecular complexity index is 178. The van der Waals surface area contributed by atoms with Gasteiger partial charge in [0.05, 0.1) is 0 Å². The van der Waals surface area contributed by atoms with Gasteiger partial charge in [0.25, 0.3) is 0 Å². The van der Waals surface area contributed by atoms with Crippen LogP contribution in [0.15, 0.2) is 0 Å². The summed E-state index contributed by atoms with van der Waals surface area (Å²) in [5, 5.41) is 0. The summed E-state index contributed by atoms with van der Waals surface area (Å²) in [5.41, 5.74) is 6.03. The zero-order chi connectivity index (χ0) is 14.7. The molecule has 2 nitrogen and oxygen atoms in total. The molecule has 0 aromatic rings. The molecule has 0 aliphatic rings. The molecule has 0 heterocycles. The van der Waals surface area contributed by atoms with Gasteiger partial charge < -0.3 is 5.73 Å². The van der Waals surface area contributed by atoms with Crippen molar-refractivity contribution in [2.75, 3.05) is 19.6 Å². The molecule has 2 N–H and O–H groups in total. The number of hydrogen-bond acceptors (Lipinski definition) is 2. The minimum atomic E-state index is 0.601. The lowest BCUT2D eigenvalue weighted by atomic mass is 10.0. The molecular weight excluding hydrogens is 232 g/mol. The molecule has 1 unspecified atom stereocenters. The van der Waals surface area contributed by atoms with Gasteiger partial charge in [-0.2, -0.15) is 0 Å². The second-order valence-corrected chi connectivity index (χ2v) is 6.79. The number of unbranched alkanes of at least 4 members (excludes halogenated alkanes) is 2. The van der Waals surface area contributed by atoms with Gasteiger partial charge in [-0.3, -0.25) is 4.90 Å². The highest BCUT2D eigenvalue weighted by molar-refractivity contribution is 4.74. The molecule has 2 heteroatoms. The van der Waals surface area contributed by atoms with E-state index in [1.807, 2.05) is 0 Å². The van der Waals surface area contributed by atoms with Gasteiger partial charge in [-0.1, -0.05) is 53.9 Å². The van der Waals surface area contributed by atoms with Crippen molar-refractivity contribution < 1.29 is 0 Å². The van der Waals surface area contributed by atoms with E-state index in [0.717, 1.165) is 18.4 Å². The lowest BCUT2D eigenvalue weighted by molar-refractivity contribution is 0.169. The van der Waals surface area contributed by atoms with Gasteiger partial charge in [-0.15, -0.1) is 0 Å². The molecule has 0 saturated carbocycles. The van der Waals surface area contributed by atoms with E-state index >= 15 is 0 Å². The molecule has 19 heavy (non-hydrogen) atoms. The second-order valence-electron chi connectivity index (χ2n) is 6.79. The van der Waals surface area contributed by atoms with Gasteiger partial charge in [-0.25, -0.2) is 0 Å². The first-order chi connectivity index (χ1) is 9.01. The molecule has 0 aliphatic heterocycles. The Labute approximate surface area is 122 Å². The topological polar surface area (TPSA) is 29.3 Å². The van der Waals surface area contributed by atoms with Crippen LogP contribution in [0, 0.1) is 11.8 Å². The van der Waals surface area contributed by atoms with Crippen molar-refractivity contribution in [3.8, 4) is 0 Å². The van der Waals surface area contributed by atoms with Crippen molar-refractivity contribution in [2.24, 2.45) is 17.6 Å². The summed E-state index contributed by atoms with van der Waals surface area (Å²) in [6.07, 6.45) is 7.84. The minimum absolute atomic E-state index is 0.601. The number of nitrogens with zero attached hydrogens (tertiary/aromatic N) is 1. The Morgan fingerprint density at radius 1 is 0.842 bits per heavy atom. The molecule has 0 rings (SSSR count). The smallest absolute Gasteiger partial charge is 0.0218 e. The molecule has 0 fully saturated rings. The molecule has 0 amide bonds. The Hall–Kier alpha value is -0.0800. The quantitative estimate of drug-likeness (QED) is 0.536. The summed E-state index contributed by atoms with van der Waals surface area (Å²) in [6, 6.07) is 0.601. The molecule has 0 spiro atoms. The zero-order valence-corrected chi connectivity index (χ0v) is 14.1. The second kappa shape index (κ2) is 11.7. The van der Waals surface area contributed by atoms with Crippen LogP contribution in [0.4, 0.5) is 0 Å². The van der Waals surface area contributed by atoms with Gasteiger partial charge >= 0.3 is 0 Å². The Morgan fingerprint density at radius 2 is 1.37 bits per heavy atom. The minimum Gasteiger partial charge on any atom is -0.329 e. The van der Waals surface area contributed by atoms with Crippen LogP contribution in [0.3, 0.4) is 0 Å². The van der Waals surface area contributed by atoms with Crippen molar-refractivity contribution in [1.82, 2.24) is 4.90 Å². The van der Waals surface area contributed by atoms with Crippen LogP contribution in [0.5, 0.6) is 0 Å². The van der Waals surface area contributed by atoms with Crippen LogP contribution in [0.25, 0.3) is 0 Å². The third kappa shape index (κ3) is 10.4. The summed E-state index contributed by atoms with van der Waals surface area (Å²) in [6.45, 7) is 14.8. The highest BCUT2D eigenvalue weighted by atomic mass is 15.2. The van der Waals surface area contributed by atoms with Crippen LogP contribution in [0.1, 0.15) is 73.1 Å². The fourth-order valence-electron chi connectivity index (χ4n) is 2.40. The molecule has 116 valence electrons. The normalized spacial score (nSPS) is 13.7. The number of hydrogen-bond donors (Lipinski definition) is 1. The molecule has 0 aliphatic carbocycles. The van der Waals surface area contributed by atoms with E-state index in [2.05, 4.69) is 39.5 Å². The van der Waals surface area contributed by atoms with E-state index in [9.17, 15) is 0 Å².